The van der Waals surface area contributed by atoms with E-state index in [0.717, 1.165) is 19.5 Å². The Balaban J connectivity index is 2.63. The highest BCUT2D eigenvalue weighted by molar-refractivity contribution is 5.80. The summed E-state index contributed by atoms with van der Waals surface area (Å²) in [4.78, 5) is 27.9. The van der Waals surface area contributed by atoms with Gasteiger partial charge >= 0.3 is 12.0 Å². The molecule has 1 rings (SSSR count). The largest absolute Gasteiger partial charge is 0.480 e. The Morgan fingerprint density at radius 2 is 2.06 bits per heavy atom. The van der Waals surface area contributed by atoms with Crippen LogP contribution in [-0.2, 0) is 4.79 Å². The van der Waals surface area contributed by atoms with E-state index in [0.29, 0.717) is 6.54 Å². The van der Waals surface area contributed by atoms with Crippen molar-refractivity contribution < 1.29 is 14.7 Å². The van der Waals surface area contributed by atoms with Gasteiger partial charge in [-0.15, -0.1) is 0 Å². The molecule has 0 aromatic heterocycles. The third-order valence-electron chi connectivity index (χ3n) is 2.99. The Morgan fingerprint density at radius 3 is 2.65 bits per heavy atom. The zero-order valence-corrected chi connectivity index (χ0v) is 10.7. The van der Waals surface area contributed by atoms with Gasteiger partial charge in [0.15, 0.2) is 0 Å². The van der Waals surface area contributed by atoms with E-state index in [4.69, 9.17) is 5.11 Å². The summed E-state index contributed by atoms with van der Waals surface area (Å²) in [7, 11) is 3.56. The lowest BCUT2D eigenvalue weighted by atomic mass is 10.3. The van der Waals surface area contributed by atoms with Gasteiger partial charge < -0.3 is 19.8 Å². The number of carbonyl (C=O) groups excluding carboxylic acids is 1. The van der Waals surface area contributed by atoms with Crippen LogP contribution in [0.2, 0.25) is 0 Å². The fourth-order valence-electron chi connectivity index (χ4n) is 2.15. The summed E-state index contributed by atoms with van der Waals surface area (Å²) < 4.78 is 0. The summed E-state index contributed by atoms with van der Waals surface area (Å²) in [6, 6.07) is -0.0820. The highest BCUT2D eigenvalue weighted by Gasteiger charge is 2.26. The van der Waals surface area contributed by atoms with Crippen LogP contribution in [0, 0.1) is 0 Å². The molecule has 2 amide bonds. The Kier molecular flexibility index (Phi) is 4.74. The molecule has 0 saturated carbocycles. The van der Waals surface area contributed by atoms with Gasteiger partial charge in [0.2, 0.25) is 0 Å². The van der Waals surface area contributed by atoms with E-state index in [1.165, 1.54) is 11.9 Å². The zero-order chi connectivity index (χ0) is 13.0. The van der Waals surface area contributed by atoms with Gasteiger partial charge in [-0.3, -0.25) is 4.79 Å². The minimum Gasteiger partial charge on any atom is -0.480 e. The first-order valence-corrected chi connectivity index (χ1v) is 5.84. The van der Waals surface area contributed by atoms with Crippen LogP contribution in [0.4, 0.5) is 4.79 Å². The highest BCUT2D eigenvalue weighted by Crippen LogP contribution is 2.10. The SMILES string of the molecule is CC1CN(C)CCCN1C(=O)N(C)CC(=O)O. The molecule has 1 N–H and O–H groups in total. The van der Waals surface area contributed by atoms with Gasteiger partial charge in [-0.2, -0.15) is 0 Å². The molecular weight excluding hydrogens is 222 g/mol. The monoisotopic (exact) mass is 243 g/mol. The molecule has 0 spiro atoms. The van der Waals surface area contributed by atoms with Crippen molar-refractivity contribution >= 4 is 12.0 Å². The molecule has 1 heterocycles. The number of rotatable bonds is 2. The second kappa shape index (κ2) is 5.86. The molecule has 6 nitrogen and oxygen atoms in total. The maximum Gasteiger partial charge on any atom is 0.323 e. The summed E-state index contributed by atoms with van der Waals surface area (Å²) in [5.41, 5.74) is 0. The number of hydrogen-bond donors (Lipinski definition) is 1. The number of carboxylic acids is 1. The highest BCUT2D eigenvalue weighted by atomic mass is 16.4. The van der Waals surface area contributed by atoms with Crippen LogP contribution in [0.5, 0.6) is 0 Å². The van der Waals surface area contributed by atoms with Crippen LogP contribution in [0.15, 0.2) is 0 Å². The first-order chi connectivity index (χ1) is 7.91. The van der Waals surface area contributed by atoms with Crippen LogP contribution >= 0.6 is 0 Å². The van der Waals surface area contributed by atoms with Crippen LogP contribution in [0.3, 0.4) is 0 Å². The van der Waals surface area contributed by atoms with Crippen LogP contribution < -0.4 is 0 Å². The Hall–Kier alpha value is -1.30. The molecular formula is C11H21N3O3. The number of carbonyl (C=O) groups is 2. The number of carboxylic acid groups (broad SMARTS) is 1. The topological polar surface area (TPSA) is 64.1 Å². The summed E-state index contributed by atoms with van der Waals surface area (Å²) in [6.45, 7) is 4.23. The lowest BCUT2D eigenvalue weighted by Gasteiger charge is -2.31. The van der Waals surface area contributed by atoms with E-state index in [-0.39, 0.29) is 18.6 Å². The molecule has 0 aromatic rings. The average Bonchev–Trinajstić information content (AvgIpc) is 2.37. The predicted octanol–water partition coefficient (Wildman–Crippen LogP) is 0.149. The molecule has 0 aromatic carbocycles. The molecule has 1 atom stereocenters. The van der Waals surface area contributed by atoms with Gasteiger partial charge in [0, 0.05) is 26.2 Å². The Labute approximate surface area is 102 Å². The fraction of sp³-hybridized carbons (Fsp3) is 0.818. The van der Waals surface area contributed by atoms with E-state index in [1.807, 2.05) is 14.0 Å². The molecule has 0 aliphatic carbocycles. The van der Waals surface area contributed by atoms with Crippen molar-refractivity contribution in [2.24, 2.45) is 0 Å². The molecule has 17 heavy (non-hydrogen) atoms. The number of hydrogen-bond acceptors (Lipinski definition) is 3. The third-order valence-corrected chi connectivity index (χ3v) is 2.99. The standard InChI is InChI=1S/C11H21N3O3/c1-9-7-12(2)5-4-6-14(9)11(17)13(3)8-10(15)16/h9H,4-8H2,1-3H3,(H,15,16). The van der Waals surface area contributed by atoms with Gasteiger partial charge in [-0.1, -0.05) is 0 Å². The number of nitrogens with zero attached hydrogens (tertiary/aromatic N) is 3. The Morgan fingerprint density at radius 1 is 1.41 bits per heavy atom. The summed E-state index contributed by atoms with van der Waals surface area (Å²) in [5, 5.41) is 8.67. The third kappa shape index (κ3) is 3.89. The fourth-order valence-corrected chi connectivity index (χ4v) is 2.15. The van der Waals surface area contributed by atoms with Crippen molar-refractivity contribution in [2.75, 3.05) is 40.3 Å². The molecule has 0 radical (unpaired) electrons. The van der Waals surface area contributed by atoms with E-state index in [1.54, 1.807) is 4.90 Å². The quantitative estimate of drug-likeness (QED) is 0.750. The van der Waals surface area contributed by atoms with Crippen molar-refractivity contribution in [1.82, 2.24) is 14.7 Å². The van der Waals surface area contributed by atoms with Gasteiger partial charge in [-0.25, -0.2) is 4.79 Å². The van der Waals surface area contributed by atoms with Gasteiger partial charge in [0.25, 0.3) is 0 Å². The van der Waals surface area contributed by atoms with E-state index < -0.39 is 5.97 Å². The number of aliphatic carboxylic acids is 1. The summed E-state index contributed by atoms with van der Waals surface area (Å²) >= 11 is 0. The van der Waals surface area contributed by atoms with Gasteiger partial charge in [0.05, 0.1) is 0 Å². The molecule has 1 aliphatic heterocycles. The van der Waals surface area contributed by atoms with E-state index in [9.17, 15) is 9.59 Å². The van der Waals surface area contributed by atoms with Crippen LogP contribution in [0.25, 0.3) is 0 Å². The van der Waals surface area contributed by atoms with Crippen LogP contribution in [-0.4, -0.2) is 78.1 Å². The van der Waals surface area contributed by atoms with Gasteiger partial charge in [-0.05, 0) is 26.9 Å². The molecule has 1 aliphatic rings. The van der Waals surface area contributed by atoms with Gasteiger partial charge in [0.1, 0.15) is 6.54 Å². The smallest absolute Gasteiger partial charge is 0.323 e. The minimum absolute atomic E-state index is 0.117. The van der Waals surface area contributed by atoms with Crippen molar-refractivity contribution in [3.8, 4) is 0 Å². The summed E-state index contributed by atoms with van der Waals surface area (Å²) in [6.07, 6.45) is 0.924. The lowest BCUT2D eigenvalue weighted by Crippen LogP contribution is -2.48. The molecule has 1 fully saturated rings. The number of likely N-dealkylation sites (N-methyl/N-ethyl adjacent to an activating group) is 2. The molecule has 0 bridgehead atoms. The number of amides is 2. The maximum absolute atomic E-state index is 12.1. The van der Waals surface area contributed by atoms with Crippen molar-refractivity contribution in [1.29, 1.82) is 0 Å². The molecule has 98 valence electrons. The summed E-state index contributed by atoms with van der Waals surface area (Å²) in [5.74, 6) is -0.986. The van der Waals surface area contributed by atoms with Crippen LogP contribution in [0.1, 0.15) is 13.3 Å². The second-order valence-electron chi connectivity index (χ2n) is 4.69. The molecule has 1 unspecified atom stereocenters. The van der Waals surface area contributed by atoms with E-state index in [2.05, 4.69) is 4.90 Å². The average molecular weight is 243 g/mol. The Bertz CT molecular complexity index is 296. The predicted molar refractivity (Wildman–Crippen MR) is 63.9 cm³/mol. The minimum atomic E-state index is -0.986. The van der Waals surface area contributed by atoms with Crippen molar-refractivity contribution in [3.05, 3.63) is 0 Å². The lowest BCUT2D eigenvalue weighted by molar-refractivity contribution is -0.137. The normalized spacial score (nSPS) is 22.1. The number of urea groups is 1. The first-order valence-electron chi connectivity index (χ1n) is 5.84. The van der Waals surface area contributed by atoms with Crippen molar-refractivity contribution in [3.63, 3.8) is 0 Å². The van der Waals surface area contributed by atoms with Crippen molar-refractivity contribution in [2.45, 2.75) is 19.4 Å². The second-order valence-corrected chi connectivity index (χ2v) is 4.69. The zero-order valence-electron chi connectivity index (χ0n) is 10.7. The maximum atomic E-state index is 12.1. The molecule has 1 saturated heterocycles. The van der Waals surface area contributed by atoms with E-state index >= 15 is 0 Å². The molecule has 6 heteroatoms. The first kappa shape index (κ1) is 13.8.